The minimum atomic E-state index is -4.01. The first kappa shape index (κ1) is 22.4. The molecule has 1 aliphatic heterocycles. The molecule has 0 amide bonds. The number of anilines is 1. The highest BCUT2D eigenvalue weighted by Crippen LogP contribution is 2.39. The fourth-order valence-electron chi connectivity index (χ4n) is 3.40. The Labute approximate surface area is 194 Å². The SMILES string of the molecule is C[C@@]1(Oc2cc(NS(=O)(=O)c3sc(Cl)cc3-c3cccc(F)c3)ccc2Cl)CCNC1. The molecular weight excluding hydrogens is 482 g/mol. The van der Waals surface area contributed by atoms with Gasteiger partial charge in [0.2, 0.25) is 0 Å². The fraction of sp³-hybridized carbons (Fsp3) is 0.238. The van der Waals surface area contributed by atoms with Gasteiger partial charge in [0, 0.05) is 24.6 Å². The number of ether oxygens (including phenoxy) is 1. The van der Waals surface area contributed by atoms with Crippen LogP contribution in [0, 0.1) is 5.82 Å². The Kier molecular flexibility index (Phi) is 6.20. The highest BCUT2D eigenvalue weighted by molar-refractivity contribution is 7.94. The Morgan fingerprint density at radius 1 is 1.19 bits per heavy atom. The van der Waals surface area contributed by atoms with Gasteiger partial charge in [0.25, 0.3) is 10.0 Å². The molecule has 0 radical (unpaired) electrons. The van der Waals surface area contributed by atoms with Gasteiger partial charge in [0.15, 0.2) is 0 Å². The summed E-state index contributed by atoms with van der Waals surface area (Å²) >= 11 is 13.3. The predicted octanol–water partition coefficient (Wildman–Crippen LogP) is 5.79. The smallest absolute Gasteiger partial charge is 0.272 e. The second-order valence-electron chi connectivity index (χ2n) is 7.49. The Bertz CT molecular complexity index is 1230. The molecule has 1 aromatic heterocycles. The van der Waals surface area contributed by atoms with Crippen molar-refractivity contribution in [2.75, 3.05) is 17.8 Å². The van der Waals surface area contributed by atoms with E-state index in [-0.39, 0.29) is 8.55 Å². The maximum atomic E-state index is 13.7. The summed E-state index contributed by atoms with van der Waals surface area (Å²) < 4.78 is 48.9. The Morgan fingerprint density at radius 2 is 2.00 bits per heavy atom. The van der Waals surface area contributed by atoms with Crippen LogP contribution in [-0.2, 0) is 10.0 Å². The lowest BCUT2D eigenvalue weighted by atomic mass is 10.1. The monoisotopic (exact) mass is 500 g/mol. The van der Waals surface area contributed by atoms with Crippen LogP contribution in [-0.4, -0.2) is 27.1 Å². The van der Waals surface area contributed by atoms with E-state index in [9.17, 15) is 12.8 Å². The van der Waals surface area contributed by atoms with Gasteiger partial charge < -0.3 is 10.1 Å². The molecule has 2 heterocycles. The zero-order chi connectivity index (χ0) is 22.2. The summed E-state index contributed by atoms with van der Waals surface area (Å²) in [6.07, 6.45) is 0.809. The Morgan fingerprint density at radius 3 is 2.71 bits per heavy atom. The molecule has 10 heteroatoms. The normalized spacial score (nSPS) is 18.8. The van der Waals surface area contributed by atoms with E-state index in [1.54, 1.807) is 24.3 Å². The van der Waals surface area contributed by atoms with E-state index in [0.29, 0.717) is 34.1 Å². The number of halogens is 3. The number of benzene rings is 2. The van der Waals surface area contributed by atoms with Gasteiger partial charge in [-0.2, -0.15) is 0 Å². The van der Waals surface area contributed by atoms with Crippen LogP contribution >= 0.6 is 34.5 Å². The van der Waals surface area contributed by atoms with Gasteiger partial charge in [0.1, 0.15) is 21.4 Å². The Balaban J connectivity index is 1.65. The molecule has 4 rings (SSSR count). The molecule has 2 aromatic carbocycles. The van der Waals surface area contributed by atoms with Crippen molar-refractivity contribution in [3.05, 3.63) is 63.7 Å². The zero-order valence-electron chi connectivity index (χ0n) is 16.4. The van der Waals surface area contributed by atoms with Crippen LogP contribution in [0.4, 0.5) is 10.1 Å². The maximum absolute atomic E-state index is 13.7. The van der Waals surface area contributed by atoms with Gasteiger partial charge in [0.05, 0.1) is 15.0 Å². The van der Waals surface area contributed by atoms with Gasteiger partial charge in [-0.25, -0.2) is 12.8 Å². The molecule has 31 heavy (non-hydrogen) atoms. The first-order valence-electron chi connectivity index (χ1n) is 9.43. The molecule has 0 saturated carbocycles. The average molecular weight is 501 g/mol. The second-order valence-corrected chi connectivity index (χ2v) is 11.5. The van der Waals surface area contributed by atoms with Crippen molar-refractivity contribution < 1.29 is 17.5 Å². The third kappa shape index (κ3) is 4.99. The summed E-state index contributed by atoms with van der Waals surface area (Å²) in [5.74, 6) is -0.0758. The first-order chi connectivity index (χ1) is 14.7. The summed E-state index contributed by atoms with van der Waals surface area (Å²) in [7, 11) is -4.01. The van der Waals surface area contributed by atoms with E-state index in [2.05, 4.69) is 10.0 Å². The number of rotatable bonds is 6. The van der Waals surface area contributed by atoms with Crippen molar-refractivity contribution in [3.8, 4) is 16.9 Å². The van der Waals surface area contributed by atoms with Gasteiger partial charge in [-0.1, -0.05) is 35.3 Å². The number of hydrogen-bond acceptors (Lipinski definition) is 5. The molecule has 0 bridgehead atoms. The van der Waals surface area contributed by atoms with Crippen molar-refractivity contribution in [3.63, 3.8) is 0 Å². The molecule has 2 N–H and O–H groups in total. The standard InChI is InChI=1S/C21H19Cl2FN2O3S2/c1-21(7-8-25-12-21)29-18-10-15(5-6-17(18)22)26-31(27,28)20-16(11-19(23)30-20)13-3-2-4-14(24)9-13/h2-6,9-11,25-26H,7-8,12H2,1H3/t21-/m1/s1. The summed E-state index contributed by atoms with van der Waals surface area (Å²) in [6, 6.07) is 11.9. The fourth-order valence-corrected chi connectivity index (χ4v) is 6.50. The first-order valence-corrected chi connectivity index (χ1v) is 12.5. The molecule has 1 aliphatic rings. The Hall–Kier alpha value is -1.84. The lowest BCUT2D eigenvalue weighted by molar-refractivity contribution is 0.111. The number of hydrogen-bond donors (Lipinski definition) is 2. The molecule has 3 aromatic rings. The summed E-state index contributed by atoms with van der Waals surface area (Å²) in [4.78, 5) is 0. The molecular formula is C21H19Cl2FN2O3S2. The molecule has 5 nitrogen and oxygen atoms in total. The molecule has 0 spiro atoms. The van der Waals surface area contributed by atoms with E-state index < -0.39 is 21.4 Å². The quantitative estimate of drug-likeness (QED) is 0.449. The molecule has 0 unspecified atom stereocenters. The summed E-state index contributed by atoms with van der Waals surface area (Å²) in [6.45, 7) is 3.48. The summed E-state index contributed by atoms with van der Waals surface area (Å²) in [5, 5.41) is 3.62. The van der Waals surface area contributed by atoms with Crippen LogP contribution in [0.2, 0.25) is 9.36 Å². The van der Waals surface area contributed by atoms with Gasteiger partial charge in [-0.3, -0.25) is 4.72 Å². The minimum Gasteiger partial charge on any atom is -0.485 e. The average Bonchev–Trinajstić information content (AvgIpc) is 3.31. The highest BCUT2D eigenvalue weighted by atomic mass is 35.5. The second kappa shape index (κ2) is 8.60. The maximum Gasteiger partial charge on any atom is 0.272 e. The van der Waals surface area contributed by atoms with Crippen molar-refractivity contribution in [1.29, 1.82) is 0 Å². The number of sulfonamides is 1. The van der Waals surface area contributed by atoms with Crippen molar-refractivity contribution in [2.45, 2.75) is 23.2 Å². The third-order valence-corrected chi connectivity index (χ3v) is 8.41. The van der Waals surface area contributed by atoms with Crippen LogP contribution in [0.5, 0.6) is 5.75 Å². The van der Waals surface area contributed by atoms with Crippen molar-refractivity contribution in [2.24, 2.45) is 0 Å². The lowest BCUT2D eigenvalue weighted by Crippen LogP contribution is -2.34. The predicted molar refractivity (Wildman–Crippen MR) is 124 cm³/mol. The van der Waals surface area contributed by atoms with Crippen LogP contribution in [0.15, 0.2) is 52.7 Å². The van der Waals surface area contributed by atoms with E-state index in [1.165, 1.54) is 24.3 Å². The summed E-state index contributed by atoms with van der Waals surface area (Å²) in [5.41, 5.74) is 0.624. The minimum absolute atomic E-state index is 0.00697. The molecule has 1 fully saturated rings. The van der Waals surface area contributed by atoms with Gasteiger partial charge in [-0.05, 0) is 49.4 Å². The number of nitrogens with one attached hydrogen (secondary N) is 2. The molecule has 1 saturated heterocycles. The van der Waals surface area contributed by atoms with E-state index >= 15 is 0 Å². The van der Waals surface area contributed by atoms with Crippen molar-refractivity contribution in [1.82, 2.24) is 5.32 Å². The van der Waals surface area contributed by atoms with Crippen LogP contribution in [0.25, 0.3) is 11.1 Å². The van der Waals surface area contributed by atoms with E-state index in [1.807, 2.05) is 6.92 Å². The molecule has 1 atom stereocenters. The number of thiophene rings is 1. The van der Waals surface area contributed by atoms with E-state index in [0.717, 1.165) is 24.3 Å². The molecule has 164 valence electrons. The van der Waals surface area contributed by atoms with Crippen LogP contribution < -0.4 is 14.8 Å². The highest BCUT2D eigenvalue weighted by Gasteiger charge is 2.31. The molecule has 0 aliphatic carbocycles. The topological polar surface area (TPSA) is 67.4 Å². The van der Waals surface area contributed by atoms with E-state index in [4.69, 9.17) is 27.9 Å². The lowest BCUT2D eigenvalue weighted by Gasteiger charge is -2.25. The van der Waals surface area contributed by atoms with Gasteiger partial charge >= 0.3 is 0 Å². The van der Waals surface area contributed by atoms with Crippen LogP contribution in [0.3, 0.4) is 0 Å². The van der Waals surface area contributed by atoms with Crippen LogP contribution in [0.1, 0.15) is 13.3 Å². The van der Waals surface area contributed by atoms with Gasteiger partial charge in [-0.15, -0.1) is 11.3 Å². The van der Waals surface area contributed by atoms with Crippen molar-refractivity contribution >= 4 is 50.2 Å². The zero-order valence-corrected chi connectivity index (χ0v) is 19.6. The third-order valence-electron chi connectivity index (χ3n) is 4.92. The largest absolute Gasteiger partial charge is 0.485 e.